The van der Waals surface area contributed by atoms with Crippen molar-refractivity contribution in [1.29, 1.82) is 5.26 Å². The van der Waals surface area contributed by atoms with Gasteiger partial charge in [-0.15, -0.1) is 5.10 Å². The second-order valence-corrected chi connectivity index (χ2v) is 6.64. The van der Waals surface area contributed by atoms with Crippen molar-refractivity contribution in [3.63, 3.8) is 0 Å². The van der Waals surface area contributed by atoms with Gasteiger partial charge in [0.15, 0.2) is 0 Å². The van der Waals surface area contributed by atoms with Crippen LogP contribution in [0.2, 0.25) is 0 Å². The molecule has 1 aliphatic heterocycles. The molecule has 4 rings (SSSR count). The van der Waals surface area contributed by atoms with Crippen molar-refractivity contribution in [2.75, 3.05) is 18.6 Å². The van der Waals surface area contributed by atoms with Crippen LogP contribution in [0.3, 0.4) is 0 Å². The van der Waals surface area contributed by atoms with Crippen molar-refractivity contribution >= 4 is 18.0 Å². The largest absolute Gasteiger partial charge is 0.442 e. The van der Waals surface area contributed by atoms with Gasteiger partial charge in [0.05, 0.1) is 37.0 Å². The maximum atomic E-state index is 12.2. The SMILES string of the molecule is CON=Cc1cn(CC2CN(c3ccc(C4(C#N)CC4)cc3)C(=O)O2)nn1. The zero-order valence-electron chi connectivity index (χ0n) is 14.8. The first-order valence-electron chi connectivity index (χ1n) is 8.60. The standard InChI is InChI=1S/C18H18N6O3/c1-26-20-8-14-9-23(22-21-14)10-16-11-24(17(25)27-16)15-4-2-13(3-5-15)18(12-19)6-7-18/h2-5,8-9,16H,6-7,10-11H2,1H3. The van der Waals surface area contributed by atoms with Gasteiger partial charge in [-0.1, -0.05) is 22.5 Å². The molecule has 1 unspecified atom stereocenters. The number of cyclic esters (lactones) is 1. The minimum Gasteiger partial charge on any atom is -0.442 e. The summed E-state index contributed by atoms with van der Waals surface area (Å²) < 4.78 is 7.04. The van der Waals surface area contributed by atoms with E-state index < -0.39 is 6.09 Å². The Kier molecular flexibility index (Phi) is 4.24. The Morgan fingerprint density at radius 2 is 2.22 bits per heavy atom. The number of anilines is 1. The molecule has 1 aliphatic carbocycles. The van der Waals surface area contributed by atoms with Crippen LogP contribution in [0.1, 0.15) is 24.1 Å². The molecule has 2 heterocycles. The molecule has 138 valence electrons. The lowest BCUT2D eigenvalue weighted by Crippen LogP contribution is -2.26. The number of aromatic nitrogens is 3. The molecule has 27 heavy (non-hydrogen) atoms. The Bertz CT molecular complexity index is 910. The summed E-state index contributed by atoms with van der Waals surface area (Å²) >= 11 is 0. The van der Waals surface area contributed by atoms with Crippen LogP contribution in [0, 0.1) is 11.3 Å². The van der Waals surface area contributed by atoms with Crippen molar-refractivity contribution in [3.8, 4) is 6.07 Å². The molecule has 2 aromatic rings. The van der Waals surface area contributed by atoms with Crippen LogP contribution in [0.4, 0.5) is 10.5 Å². The summed E-state index contributed by atoms with van der Waals surface area (Å²) in [6.45, 7) is 0.814. The summed E-state index contributed by atoms with van der Waals surface area (Å²) in [5.74, 6) is 0. The van der Waals surface area contributed by atoms with Crippen LogP contribution < -0.4 is 4.90 Å². The lowest BCUT2D eigenvalue weighted by molar-refractivity contribution is 0.129. The topological polar surface area (TPSA) is 106 Å². The number of oxime groups is 1. The third-order valence-electron chi connectivity index (χ3n) is 4.81. The second kappa shape index (κ2) is 6.72. The molecule has 9 heteroatoms. The summed E-state index contributed by atoms with van der Waals surface area (Å²) in [5, 5.41) is 20.9. The molecule has 2 aliphatic rings. The molecule has 1 aromatic carbocycles. The molecule has 1 aromatic heterocycles. The van der Waals surface area contributed by atoms with E-state index in [9.17, 15) is 10.1 Å². The molecule has 9 nitrogen and oxygen atoms in total. The van der Waals surface area contributed by atoms with Crippen LogP contribution in [0.15, 0.2) is 35.6 Å². The van der Waals surface area contributed by atoms with Gasteiger partial charge in [-0.3, -0.25) is 4.90 Å². The molecule has 0 radical (unpaired) electrons. The molecule has 1 saturated carbocycles. The number of hydrogen-bond acceptors (Lipinski definition) is 7. The van der Waals surface area contributed by atoms with Crippen molar-refractivity contribution < 1.29 is 14.4 Å². The zero-order chi connectivity index (χ0) is 18.9. The van der Waals surface area contributed by atoms with Gasteiger partial charge < -0.3 is 9.57 Å². The average molecular weight is 366 g/mol. The van der Waals surface area contributed by atoms with E-state index in [4.69, 9.17) is 4.74 Å². The first-order chi connectivity index (χ1) is 13.1. The van der Waals surface area contributed by atoms with E-state index in [1.54, 1.807) is 15.8 Å². The molecular weight excluding hydrogens is 348 g/mol. The van der Waals surface area contributed by atoms with Gasteiger partial charge in [-0.2, -0.15) is 5.26 Å². The fourth-order valence-corrected chi connectivity index (χ4v) is 3.16. The molecule has 1 amide bonds. The predicted octanol–water partition coefficient (Wildman–Crippen LogP) is 1.84. The van der Waals surface area contributed by atoms with E-state index in [1.165, 1.54) is 13.3 Å². The van der Waals surface area contributed by atoms with Crippen LogP contribution in [0.5, 0.6) is 0 Å². The highest BCUT2D eigenvalue weighted by Crippen LogP contribution is 2.47. The van der Waals surface area contributed by atoms with Crippen LogP contribution in [0.25, 0.3) is 0 Å². The normalized spacial score (nSPS) is 20.5. The smallest absolute Gasteiger partial charge is 0.414 e. The number of rotatable bonds is 6. The van der Waals surface area contributed by atoms with Gasteiger partial charge in [0.25, 0.3) is 0 Å². The van der Waals surface area contributed by atoms with Crippen molar-refractivity contribution in [2.24, 2.45) is 5.16 Å². The maximum Gasteiger partial charge on any atom is 0.414 e. The number of hydrogen-bond donors (Lipinski definition) is 0. The number of benzene rings is 1. The van der Waals surface area contributed by atoms with E-state index in [1.807, 2.05) is 24.3 Å². The lowest BCUT2D eigenvalue weighted by atomic mass is 9.97. The van der Waals surface area contributed by atoms with Gasteiger partial charge in [0.2, 0.25) is 0 Å². The first kappa shape index (κ1) is 17.0. The molecule has 0 bridgehead atoms. The number of nitrogens with zero attached hydrogens (tertiary/aromatic N) is 6. The van der Waals surface area contributed by atoms with Gasteiger partial charge in [-0.25, -0.2) is 9.48 Å². The average Bonchev–Trinajstić information content (AvgIpc) is 3.23. The molecule has 0 N–H and O–H groups in total. The third kappa shape index (κ3) is 3.33. The first-order valence-corrected chi connectivity index (χ1v) is 8.60. The molecular formula is C18H18N6O3. The van der Waals surface area contributed by atoms with Gasteiger partial charge in [0, 0.05) is 5.69 Å². The highest BCUT2D eigenvalue weighted by Gasteiger charge is 2.45. The molecule has 2 fully saturated rings. The summed E-state index contributed by atoms with van der Waals surface area (Å²) in [6.07, 6.45) is 4.21. The predicted molar refractivity (Wildman–Crippen MR) is 95.2 cm³/mol. The van der Waals surface area contributed by atoms with E-state index in [2.05, 4.69) is 26.4 Å². The lowest BCUT2D eigenvalue weighted by Gasteiger charge is -2.14. The minimum absolute atomic E-state index is 0.330. The number of carbonyl (C=O) groups excluding carboxylic acids is 1. The van der Waals surface area contributed by atoms with Crippen LogP contribution in [-0.4, -0.2) is 47.1 Å². The van der Waals surface area contributed by atoms with Gasteiger partial charge in [-0.05, 0) is 30.5 Å². The van der Waals surface area contributed by atoms with Gasteiger partial charge in [0.1, 0.15) is 18.9 Å². The fourth-order valence-electron chi connectivity index (χ4n) is 3.16. The Hall–Kier alpha value is -3.41. The van der Waals surface area contributed by atoms with Crippen molar-refractivity contribution in [3.05, 3.63) is 41.7 Å². The Balaban J connectivity index is 1.41. The number of carbonyl (C=O) groups is 1. The minimum atomic E-state index is -0.393. The van der Waals surface area contributed by atoms with E-state index in [-0.39, 0.29) is 11.5 Å². The Morgan fingerprint density at radius 1 is 1.44 bits per heavy atom. The highest BCUT2D eigenvalue weighted by atomic mass is 16.6. The van der Waals surface area contributed by atoms with Crippen molar-refractivity contribution in [1.82, 2.24) is 15.0 Å². The Labute approximate surface area is 155 Å². The maximum absolute atomic E-state index is 12.2. The van der Waals surface area contributed by atoms with Gasteiger partial charge >= 0.3 is 6.09 Å². The van der Waals surface area contributed by atoms with E-state index in [0.717, 1.165) is 24.1 Å². The Morgan fingerprint density at radius 3 is 2.89 bits per heavy atom. The number of nitriles is 1. The van der Waals surface area contributed by atoms with Crippen LogP contribution >= 0.6 is 0 Å². The summed E-state index contributed by atoms with van der Waals surface area (Å²) in [5.41, 5.74) is 1.99. The van der Waals surface area contributed by atoms with E-state index >= 15 is 0 Å². The quantitative estimate of drug-likeness (QED) is 0.570. The van der Waals surface area contributed by atoms with Crippen LogP contribution in [-0.2, 0) is 21.5 Å². The van der Waals surface area contributed by atoms with Crippen molar-refractivity contribution in [2.45, 2.75) is 30.9 Å². The fraction of sp³-hybridized carbons (Fsp3) is 0.389. The number of ether oxygens (including phenoxy) is 1. The highest BCUT2D eigenvalue weighted by molar-refractivity contribution is 5.89. The summed E-state index contributed by atoms with van der Waals surface area (Å²) in [7, 11) is 1.45. The number of amides is 1. The third-order valence-corrected chi connectivity index (χ3v) is 4.81. The summed E-state index contributed by atoms with van der Waals surface area (Å²) in [4.78, 5) is 18.4. The summed E-state index contributed by atoms with van der Waals surface area (Å²) in [6, 6.07) is 9.95. The van der Waals surface area contributed by atoms with E-state index in [0.29, 0.717) is 18.8 Å². The zero-order valence-corrected chi connectivity index (χ0v) is 14.8. The monoisotopic (exact) mass is 366 g/mol. The molecule has 1 saturated heterocycles. The second-order valence-electron chi connectivity index (χ2n) is 6.64. The molecule has 0 spiro atoms. The molecule has 1 atom stereocenters.